The average molecular weight is 367 g/mol. The molecular formula is C16H18FN3O4S. The molecule has 0 unspecified atom stereocenters. The summed E-state index contributed by atoms with van der Waals surface area (Å²) in [7, 11) is -3.18. The van der Waals surface area contributed by atoms with Crippen molar-refractivity contribution in [1.29, 1.82) is 0 Å². The molecule has 1 aromatic rings. The number of anilines is 1. The molecule has 134 valence electrons. The lowest BCUT2D eigenvalue weighted by molar-refractivity contribution is -0.133. The van der Waals surface area contributed by atoms with Crippen molar-refractivity contribution in [3.63, 3.8) is 0 Å². The second-order valence-electron chi connectivity index (χ2n) is 6.28. The largest absolute Gasteiger partial charge is 0.318 e. The van der Waals surface area contributed by atoms with E-state index in [-0.39, 0.29) is 41.7 Å². The van der Waals surface area contributed by atoms with Gasteiger partial charge in [-0.05, 0) is 31.0 Å². The van der Waals surface area contributed by atoms with E-state index in [1.807, 2.05) is 0 Å². The number of aryl methyl sites for hydroxylation is 1. The van der Waals surface area contributed by atoms with E-state index in [1.165, 1.54) is 12.1 Å². The van der Waals surface area contributed by atoms with Crippen LogP contribution in [0.15, 0.2) is 23.3 Å². The van der Waals surface area contributed by atoms with E-state index >= 15 is 0 Å². The zero-order valence-corrected chi connectivity index (χ0v) is 14.5. The highest BCUT2D eigenvalue weighted by molar-refractivity contribution is 7.91. The lowest BCUT2D eigenvalue weighted by Gasteiger charge is -2.27. The molecular weight excluding hydrogens is 349 g/mol. The standard InChI is InChI=1S/C16H18FN3O4S/c1-10-2-3-12(17)14(8-10)18-16(22)13-4-5-15(21)20(19-13)11-6-7-25(23,24)9-11/h2-3,8,11H,4-7,9H2,1H3,(H,18,22)/t11-/m0/s1. The van der Waals surface area contributed by atoms with Crippen LogP contribution in [-0.2, 0) is 19.4 Å². The SMILES string of the molecule is Cc1ccc(F)c(NC(=O)C2=NN([C@H]3CCS(=O)(=O)C3)C(=O)CC2)c1. The zero-order chi connectivity index (χ0) is 18.2. The Morgan fingerprint density at radius 1 is 1.36 bits per heavy atom. The molecule has 25 heavy (non-hydrogen) atoms. The quantitative estimate of drug-likeness (QED) is 0.869. The smallest absolute Gasteiger partial charge is 0.271 e. The molecule has 0 spiro atoms. The van der Waals surface area contributed by atoms with Crippen molar-refractivity contribution in [2.75, 3.05) is 16.8 Å². The Morgan fingerprint density at radius 2 is 2.12 bits per heavy atom. The molecule has 0 bridgehead atoms. The van der Waals surface area contributed by atoms with Gasteiger partial charge >= 0.3 is 0 Å². The first-order chi connectivity index (χ1) is 11.7. The predicted octanol–water partition coefficient (Wildman–Crippen LogP) is 1.24. The van der Waals surface area contributed by atoms with Crippen molar-refractivity contribution in [2.45, 2.75) is 32.2 Å². The second kappa shape index (κ2) is 6.55. The van der Waals surface area contributed by atoms with Crippen LogP contribution in [0.3, 0.4) is 0 Å². The van der Waals surface area contributed by atoms with Gasteiger partial charge in [-0.25, -0.2) is 17.8 Å². The molecule has 1 atom stereocenters. The molecule has 1 saturated heterocycles. The highest BCUT2D eigenvalue weighted by atomic mass is 32.2. The highest BCUT2D eigenvalue weighted by Gasteiger charge is 2.37. The first-order valence-electron chi connectivity index (χ1n) is 7.92. The fourth-order valence-electron chi connectivity index (χ4n) is 2.92. The lowest BCUT2D eigenvalue weighted by Crippen LogP contribution is -2.42. The van der Waals surface area contributed by atoms with Gasteiger partial charge in [0.1, 0.15) is 11.5 Å². The third-order valence-corrected chi connectivity index (χ3v) is 6.00. The van der Waals surface area contributed by atoms with Gasteiger partial charge in [0.15, 0.2) is 9.84 Å². The van der Waals surface area contributed by atoms with Crippen LogP contribution in [0.25, 0.3) is 0 Å². The summed E-state index contributed by atoms with van der Waals surface area (Å²) < 4.78 is 37.0. The van der Waals surface area contributed by atoms with Gasteiger partial charge in [-0.2, -0.15) is 5.10 Å². The molecule has 3 rings (SSSR count). The maximum Gasteiger partial charge on any atom is 0.271 e. The summed E-state index contributed by atoms with van der Waals surface area (Å²) in [5.74, 6) is -1.61. The van der Waals surface area contributed by atoms with Crippen LogP contribution < -0.4 is 5.32 Å². The molecule has 9 heteroatoms. The number of nitrogens with zero attached hydrogens (tertiary/aromatic N) is 2. The van der Waals surface area contributed by atoms with E-state index < -0.39 is 27.6 Å². The van der Waals surface area contributed by atoms with Crippen molar-refractivity contribution in [3.8, 4) is 0 Å². The fraction of sp³-hybridized carbons (Fsp3) is 0.438. The third kappa shape index (κ3) is 3.87. The number of amides is 2. The monoisotopic (exact) mass is 367 g/mol. The van der Waals surface area contributed by atoms with Crippen LogP contribution in [0.4, 0.5) is 10.1 Å². The van der Waals surface area contributed by atoms with Gasteiger partial charge < -0.3 is 5.32 Å². The van der Waals surface area contributed by atoms with Gasteiger partial charge in [0, 0.05) is 12.8 Å². The number of carbonyl (C=O) groups is 2. The number of halogens is 1. The highest BCUT2D eigenvalue weighted by Crippen LogP contribution is 2.23. The minimum atomic E-state index is -3.18. The maximum atomic E-state index is 13.8. The number of nitrogens with one attached hydrogen (secondary N) is 1. The van der Waals surface area contributed by atoms with E-state index in [9.17, 15) is 22.4 Å². The van der Waals surface area contributed by atoms with Gasteiger partial charge in [-0.1, -0.05) is 6.07 Å². The first-order valence-corrected chi connectivity index (χ1v) is 9.75. The Bertz CT molecular complexity index is 866. The summed E-state index contributed by atoms with van der Waals surface area (Å²) in [6, 6.07) is 3.80. The van der Waals surface area contributed by atoms with E-state index in [0.717, 1.165) is 10.6 Å². The second-order valence-corrected chi connectivity index (χ2v) is 8.51. The first kappa shape index (κ1) is 17.5. The molecule has 0 aliphatic carbocycles. The van der Waals surface area contributed by atoms with Crippen LogP contribution in [-0.4, -0.2) is 48.5 Å². The van der Waals surface area contributed by atoms with Crippen molar-refractivity contribution in [3.05, 3.63) is 29.6 Å². The topological polar surface area (TPSA) is 95.9 Å². The Labute approximate surface area is 144 Å². The van der Waals surface area contributed by atoms with Crippen LogP contribution in [0.5, 0.6) is 0 Å². The number of sulfone groups is 1. The number of hydrazone groups is 1. The van der Waals surface area contributed by atoms with Gasteiger partial charge in [0.05, 0.1) is 23.2 Å². The number of hydrogen-bond donors (Lipinski definition) is 1. The number of benzene rings is 1. The Hall–Kier alpha value is -2.29. The van der Waals surface area contributed by atoms with Gasteiger partial charge in [0.2, 0.25) is 5.91 Å². The molecule has 1 aromatic carbocycles. The van der Waals surface area contributed by atoms with Crippen LogP contribution in [0.2, 0.25) is 0 Å². The Morgan fingerprint density at radius 3 is 2.80 bits per heavy atom. The summed E-state index contributed by atoms with van der Waals surface area (Å²) in [4.78, 5) is 24.4. The third-order valence-electron chi connectivity index (χ3n) is 4.25. The summed E-state index contributed by atoms with van der Waals surface area (Å²) in [5, 5.41) is 7.63. The average Bonchev–Trinajstić information content (AvgIpc) is 2.91. The number of rotatable bonds is 3. The predicted molar refractivity (Wildman–Crippen MR) is 90.3 cm³/mol. The van der Waals surface area contributed by atoms with Crippen molar-refractivity contribution in [2.24, 2.45) is 5.10 Å². The molecule has 0 saturated carbocycles. The lowest BCUT2D eigenvalue weighted by atomic mass is 10.1. The summed E-state index contributed by atoms with van der Waals surface area (Å²) in [6.45, 7) is 1.77. The number of carbonyl (C=O) groups excluding carboxylic acids is 2. The Kier molecular flexibility index (Phi) is 4.59. The van der Waals surface area contributed by atoms with E-state index in [1.54, 1.807) is 13.0 Å². The molecule has 0 aromatic heterocycles. The van der Waals surface area contributed by atoms with E-state index in [2.05, 4.69) is 10.4 Å². The van der Waals surface area contributed by atoms with Gasteiger partial charge in [-0.15, -0.1) is 0 Å². The van der Waals surface area contributed by atoms with Crippen LogP contribution in [0.1, 0.15) is 24.8 Å². The van der Waals surface area contributed by atoms with Gasteiger partial charge in [0.25, 0.3) is 5.91 Å². The van der Waals surface area contributed by atoms with Crippen molar-refractivity contribution in [1.82, 2.24) is 5.01 Å². The molecule has 2 aliphatic rings. The summed E-state index contributed by atoms with van der Waals surface area (Å²) in [6.07, 6.45) is 0.506. The molecule has 7 nitrogen and oxygen atoms in total. The van der Waals surface area contributed by atoms with Crippen molar-refractivity contribution >= 4 is 33.1 Å². The molecule has 1 fully saturated rings. The summed E-state index contributed by atoms with van der Waals surface area (Å²) in [5.41, 5.74) is 0.916. The fourth-order valence-corrected chi connectivity index (χ4v) is 4.61. The van der Waals surface area contributed by atoms with E-state index in [4.69, 9.17) is 0 Å². The molecule has 2 aliphatic heterocycles. The minimum absolute atomic E-state index is 0.00694. The normalized spacial score (nSPS) is 22.6. The molecule has 0 radical (unpaired) electrons. The zero-order valence-electron chi connectivity index (χ0n) is 13.7. The molecule has 2 amide bonds. The number of hydrogen-bond acceptors (Lipinski definition) is 5. The van der Waals surface area contributed by atoms with Gasteiger partial charge in [-0.3, -0.25) is 9.59 Å². The van der Waals surface area contributed by atoms with Crippen molar-refractivity contribution < 1.29 is 22.4 Å². The van der Waals surface area contributed by atoms with Crippen LogP contribution >= 0.6 is 0 Å². The molecule has 2 heterocycles. The minimum Gasteiger partial charge on any atom is -0.318 e. The maximum absolute atomic E-state index is 13.8. The Balaban J connectivity index is 1.79. The van der Waals surface area contributed by atoms with E-state index in [0.29, 0.717) is 6.42 Å². The van der Waals surface area contributed by atoms with Crippen LogP contribution in [0, 0.1) is 12.7 Å². The summed E-state index contributed by atoms with van der Waals surface area (Å²) >= 11 is 0. The molecule has 1 N–H and O–H groups in total.